The first-order valence-electron chi connectivity index (χ1n) is 11.0. The Bertz CT molecular complexity index is 599. The fourth-order valence-corrected chi connectivity index (χ4v) is 3.28. The highest BCUT2D eigenvalue weighted by molar-refractivity contribution is 5.80. The average Bonchev–Trinajstić information content (AvgIpc) is 2.73. The van der Waals surface area contributed by atoms with Crippen LogP contribution < -0.4 is 10.1 Å². The van der Waals surface area contributed by atoms with Gasteiger partial charge in [-0.3, -0.25) is 0 Å². The first-order valence-corrected chi connectivity index (χ1v) is 11.0. The highest BCUT2D eigenvalue weighted by Gasteiger charge is 2.21. The Hall–Kier alpha value is -1.79. The summed E-state index contributed by atoms with van der Waals surface area (Å²) in [5, 5.41) is 3.44. The van der Waals surface area contributed by atoms with Gasteiger partial charge in [0.15, 0.2) is 5.96 Å². The Morgan fingerprint density at radius 2 is 2.03 bits per heavy atom. The standard InChI is InChI=1S/C23H39N3O3/c1-5-24-23(26-12-10-21(11-13-26)28-15-7-14-27-4)25-17-20-8-6-9-22(16-20)29-18-19(2)3/h6,8-9,16,19,21H,5,7,10-15,17-18H2,1-4H3,(H,24,25). The Kier molecular flexibility index (Phi) is 10.9. The van der Waals surface area contributed by atoms with Crippen molar-refractivity contribution in [2.24, 2.45) is 10.9 Å². The van der Waals surface area contributed by atoms with Crippen LogP contribution in [0.4, 0.5) is 0 Å². The molecule has 1 fully saturated rings. The minimum atomic E-state index is 0.348. The topological polar surface area (TPSA) is 55.3 Å². The van der Waals surface area contributed by atoms with Crippen LogP contribution in [-0.4, -0.2) is 63.5 Å². The molecule has 0 atom stereocenters. The zero-order valence-electron chi connectivity index (χ0n) is 18.7. The number of likely N-dealkylation sites (tertiary alicyclic amines) is 1. The van der Waals surface area contributed by atoms with E-state index < -0.39 is 0 Å². The van der Waals surface area contributed by atoms with Crippen molar-refractivity contribution >= 4 is 5.96 Å². The van der Waals surface area contributed by atoms with Crippen molar-refractivity contribution in [3.8, 4) is 5.75 Å². The number of hydrogen-bond acceptors (Lipinski definition) is 4. The molecule has 0 aliphatic carbocycles. The Labute approximate surface area is 176 Å². The number of piperidine rings is 1. The third kappa shape index (κ3) is 9.05. The molecule has 6 heteroatoms. The number of nitrogens with one attached hydrogen (secondary N) is 1. The maximum atomic E-state index is 5.97. The van der Waals surface area contributed by atoms with Crippen LogP contribution in [0.2, 0.25) is 0 Å². The number of benzene rings is 1. The van der Waals surface area contributed by atoms with E-state index in [-0.39, 0.29) is 0 Å². The second kappa shape index (κ2) is 13.4. The molecule has 1 aliphatic heterocycles. The van der Waals surface area contributed by atoms with E-state index in [1.165, 1.54) is 0 Å². The molecule has 1 aromatic rings. The van der Waals surface area contributed by atoms with E-state index >= 15 is 0 Å². The van der Waals surface area contributed by atoms with Gasteiger partial charge in [-0.05, 0) is 49.8 Å². The molecule has 1 heterocycles. The van der Waals surface area contributed by atoms with Crippen LogP contribution in [0.5, 0.6) is 5.75 Å². The van der Waals surface area contributed by atoms with Crippen LogP contribution in [0, 0.1) is 5.92 Å². The summed E-state index contributed by atoms with van der Waals surface area (Å²) in [6.07, 6.45) is 3.38. The molecule has 0 aromatic heterocycles. The molecule has 1 saturated heterocycles. The first kappa shape index (κ1) is 23.5. The minimum absolute atomic E-state index is 0.348. The summed E-state index contributed by atoms with van der Waals surface area (Å²) >= 11 is 0. The molecule has 0 radical (unpaired) electrons. The van der Waals surface area contributed by atoms with Crippen molar-refractivity contribution in [1.29, 1.82) is 0 Å². The van der Waals surface area contributed by atoms with E-state index in [1.54, 1.807) is 7.11 Å². The molecule has 2 rings (SSSR count). The molecular formula is C23H39N3O3. The van der Waals surface area contributed by atoms with Gasteiger partial charge in [0.2, 0.25) is 0 Å². The summed E-state index contributed by atoms with van der Waals surface area (Å²) in [5.41, 5.74) is 1.16. The molecule has 164 valence electrons. The fraction of sp³-hybridized carbons (Fsp3) is 0.696. The monoisotopic (exact) mass is 405 g/mol. The number of aliphatic imine (C=N–C) groups is 1. The summed E-state index contributed by atoms with van der Waals surface area (Å²) in [4.78, 5) is 7.22. The molecule has 6 nitrogen and oxygen atoms in total. The molecule has 0 spiro atoms. The smallest absolute Gasteiger partial charge is 0.194 e. The molecule has 0 bridgehead atoms. The first-order chi connectivity index (χ1) is 14.1. The molecule has 1 aromatic carbocycles. The van der Waals surface area contributed by atoms with Crippen molar-refractivity contribution in [3.05, 3.63) is 29.8 Å². The second-order valence-corrected chi connectivity index (χ2v) is 7.93. The molecule has 0 saturated carbocycles. The largest absolute Gasteiger partial charge is 0.493 e. The van der Waals surface area contributed by atoms with Crippen LogP contribution in [0.3, 0.4) is 0 Å². The third-order valence-electron chi connectivity index (χ3n) is 4.82. The van der Waals surface area contributed by atoms with E-state index in [0.717, 1.165) is 76.0 Å². The van der Waals surface area contributed by atoms with E-state index in [2.05, 4.69) is 43.1 Å². The lowest BCUT2D eigenvalue weighted by Crippen LogP contribution is -2.47. The van der Waals surface area contributed by atoms with Crippen molar-refractivity contribution in [3.63, 3.8) is 0 Å². The normalized spacial score (nSPS) is 15.8. The van der Waals surface area contributed by atoms with E-state index in [9.17, 15) is 0 Å². The molecule has 1 aliphatic rings. The third-order valence-corrected chi connectivity index (χ3v) is 4.82. The molecule has 0 amide bonds. The van der Waals surface area contributed by atoms with Crippen molar-refractivity contribution in [2.45, 2.75) is 52.7 Å². The number of methoxy groups -OCH3 is 1. The zero-order chi connectivity index (χ0) is 20.9. The highest BCUT2D eigenvalue weighted by atomic mass is 16.5. The SMILES string of the molecule is CCNC(=NCc1cccc(OCC(C)C)c1)N1CCC(OCCCOC)CC1. The molecule has 0 unspecified atom stereocenters. The van der Waals surface area contributed by atoms with Gasteiger partial charge in [-0.15, -0.1) is 0 Å². The van der Waals surface area contributed by atoms with Gasteiger partial charge in [-0.25, -0.2) is 4.99 Å². The summed E-state index contributed by atoms with van der Waals surface area (Å²) in [7, 11) is 1.73. The number of rotatable bonds is 11. The predicted octanol–water partition coefficient (Wildman–Crippen LogP) is 3.70. The fourth-order valence-electron chi connectivity index (χ4n) is 3.28. The van der Waals surface area contributed by atoms with Crippen molar-refractivity contribution < 1.29 is 14.2 Å². The van der Waals surface area contributed by atoms with E-state index in [1.807, 2.05) is 12.1 Å². The number of guanidine groups is 1. The van der Waals surface area contributed by atoms with Gasteiger partial charge in [0.05, 0.1) is 19.3 Å². The zero-order valence-corrected chi connectivity index (χ0v) is 18.7. The van der Waals surface area contributed by atoms with Crippen LogP contribution in [-0.2, 0) is 16.0 Å². The summed E-state index contributed by atoms with van der Waals surface area (Å²) in [6.45, 7) is 12.2. The van der Waals surface area contributed by atoms with Gasteiger partial charge in [-0.2, -0.15) is 0 Å². The summed E-state index contributed by atoms with van der Waals surface area (Å²) < 4.78 is 16.9. The maximum Gasteiger partial charge on any atom is 0.194 e. The van der Waals surface area contributed by atoms with Crippen LogP contribution >= 0.6 is 0 Å². The Morgan fingerprint density at radius 1 is 1.24 bits per heavy atom. The Morgan fingerprint density at radius 3 is 2.72 bits per heavy atom. The predicted molar refractivity (Wildman–Crippen MR) is 119 cm³/mol. The van der Waals surface area contributed by atoms with Crippen molar-refractivity contribution in [2.75, 3.05) is 46.6 Å². The van der Waals surface area contributed by atoms with Gasteiger partial charge >= 0.3 is 0 Å². The second-order valence-electron chi connectivity index (χ2n) is 7.93. The van der Waals surface area contributed by atoms with Gasteiger partial charge in [0, 0.05) is 40.0 Å². The Balaban J connectivity index is 1.86. The lowest BCUT2D eigenvalue weighted by atomic mass is 10.1. The van der Waals surface area contributed by atoms with E-state index in [0.29, 0.717) is 18.6 Å². The summed E-state index contributed by atoms with van der Waals surface area (Å²) in [5.74, 6) is 2.42. The van der Waals surface area contributed by atoms with Crippen LogP contribution in [0.1, 0.15) is 45.6 Å². The highest BCUT2D eigenvalue weighted by Crippen LogP contribution is 2.17. The maximum absolute atomic E-state index is 5.97. The number of ether oxygens (including phenoxy) is 3. The van der Waals surface area contributed by atoms with E-state index in [4.69, 9.17) is 19.2 Å². The van der Waals surface area contributed by atoms with Gasteiger partial charge in [0.25, 0.3) is 0 Å². The van der Waals surface area contributed by atoms with Crippen molar-refractivity contribution in [1.82, 2.24) is 10.2 Å². The van der Waals surface area contributed by atoms with Gasteiger partial charge in [-0.1, -0.05) is 26.0 Å². The lowest BCUT2D eigenvalue weighted by molar-refractivity contribution is 0.00990. The minimum Gasteiger partial charge on any atom is -0.493 e. The van der Waals surface area contributed by atoms with Crippen LogP contribution in [0.15, 0.2) is 29.3 Å². The molecular weight excluding hydrogens is 366 g/mol. The average molecular weight is 406 g/mol. The molecule has 1 N–H and O–H groups in total. The summed E-state index contributed by atoms with van der Waals surface area (Å²) in [6, 6.07) is 8.25. The van der Waals surface area contributed by atoms with Gasteiger partial charge < -0.3 is 24.4 Å². The van der Waals surface area contributed by atoms with Gasteiger partial charge in [0.1, 0.15) is 5.75 Å². The lowest BCUT2D eigenvalue weighted by Gasteiger charge is -2.34. The number of hydrogen-bond donors (Lipinski definition) is 1. The molecule has 29 heavy (non-hydrogen) atoms. The van der Waals surface area contributed by atoms with Crippen LogP contribution in [0.25, 0.3) is 0 Å². The number of nitrogens with zero attached hydrogens (tertiary/aromatic N) is 2. The quantitative estimate of drug-likeness (QED) is 0.346.